The molecular weight excluding hydrogens is 395 g/mol. The fourth-order valence-electron chi connectivity index (χ4n) is 3.66. The van der Waals surface area contributed by atoms with Gasteiger partial charge in [0, 0.05) is 12.0 Å². The molecule has 0 fully saturated rings. The molecule has 1 amide bonds. The smallest absolute Gasteiger partial charge is 0.387 e. The Hall–Kier alpha value is -3.48. The number of fused-ring (bicyclic) bond motifs is 3. The first-order chi connectivity index (χ1) is 14.4. The van der Waals surface area contributed by atoms with E-state index in [1.165, 1.54) is 18.2 Å². The molecule has 0 saturated heterocycles. The lowest BCUT2D eigenvalue weighted by molar-refractivity contribution is -0.118. The molecule has 2 N–H and O–H groups in total. The van der Waals surface area contributed by atoms with E-state index < -0.39 is 24.4 Å². The van der Waals surface area contributed by atoms with Crippen molar-refractivity contribution in [3.05, 3.63) is 83.2 Å². The average Bonchev–Trinajstić information content (AvgIpc) is 2.71. The summed E-state index contributed by atoms with van der Waals surface area (Å²) < 4.78 is 50.6. The largest absolute Gasteiger partial charge is 0.480 e. The summed E-state index contributed by atoms with van der Waals surface area (Å²) in [6.07, 6.45) is -0.0697. The molecular formula is C23H18F3NO3. The second kappa shape index (κ2) is 8.10. The van der Waals surface area contributed by atoms with Crippen LogP contribution >= 0.6 is 0 Å². The van der Waals surface area contributed by atoms with E-state index in [1.54, 1.807) is 36.4 Å². The maximum Gasteiger partial charge on any atom is 0.387 e. The first-order valence-corrected chi connectivity index (χ1v) is 9.34. The minimum absolute atomic E-state index is 0.00803. The highest BCUT2D eigenvalue weighted by Gasteiger charge is 2.30. The molecule has 0 aromatic heterocycles. The predicted octanol–water partition coefficient (Wildman–Crippen LogP) is 4.99. The van der Waals surface area contributed by atoms with Gasteiger partial charge in [-0.25, -0.2) is 4.39 Å². The summed E-state index contributed by atoms with van der Waals surface area (Å²) in [5.74, 6) is -0.488. The summed E-state index contributed by atoms with van der Waals surface area (Å²) in [4.78, 5) is 11.2. The van der Waals surface area contributed by atoms with E-state index in [0.717, 1.165) is 5.56 Å². The number of carbonyl (C=O) groups excluding carboxylic acids is 1. The quantitative estimate of drug-likeness (QED) is 0.619. The zero-order valence-electron chi connectivity index (χ0n) is 15.8. The van der Waals surface area contributed by atoms with Gasteiger partial charge >= 0.3 is 6.61 Å². The highest BCUT2D eigenvalue weighted by atomic mass is 19.3. The van der Waals surface area contributed by atoms with Crippen molar-refractivity contribution in [2.24, 2.45) is 5.73 Å². The van der Waals surface area contributed by atoms with Gasteiger partial charge in [0.15, 0.2) is 0 Å². The van der Waals surface area contributed by atoms with E-state index in [4.69, 9.17) is 15.2 Å². The highest BCUT2D eigenvalue weighted by Crippen LogP contribution is 2.49. The monoisotopic (exact) mass is 413 g/mol. The van der Waals surface area contributed by atoms with Crippen LogP contribution in [0.15, 0.2) is 60.7 Å². The summed E-state index contributed by atoms with van der Waals surface area (Å²) in [5, 5.41) is 0. The molecule has 1 unspecified atom stereocenters. The number of alkyl halides is 2. The Morgan fingerprint density at radius 2 is 1.90 bits per heavy atom. The van der Waals surface area contributed by atoms with Gasteiger partial charge in [0.05, 0.1) is 5.56 Å². The Kier molecular flexibility index (Phi) is 5.35. The molecule has 154 valence electrons. The number of amides is 1. The topological polar surface area (TPSA) is 61.6 Å². The minimum Gasteiger partial charge on any atom is -0.480 e. The van der Waals surface area contributed by atoms with Crippen molar-refractivity contribution >= 4 is 5.91 Å². The van der Waals surface area contributed by atoms with E-state index in [9.17, 15) is 18.0 Å². The Morgan fingerprint density at radius 1 is 1.10 bits per heavy atom. The zero-order chi connectivity index (χ0) is 21.3. The van der Waals surface area contributed by atoms with Crippen molar-refractivity contribution in [1.82, 2.24) is 0 Å². The second-order valence-electron chi connectivity index (χ2n) is 6.95. The lowest BCUT2D eigenvalue weighted by atomic mass is 9.87. The van der Waals surface area contributed by atoms with Gasteiger partial charge in [0.1, 0.15) is 23.4 Å². The van der Waals surface area contributed by atoms with Gasteiger partial charge in [-0.15, -0.1) is 0 Å². The molecule has 4 nitrogen and oxygen atoms in total. The van der Waals surface area contributed by atoms with Crippen LogP contribution in [0, 0.1) is 5.82 Å². The molecule has 0 radical (unpaired) electrons. The number of primary amides is 1. The number of nitrogens with two attached hydrogens (primary N) is 1. The molecule has 3 aromatic carbocycles. The molecule has 1 aliphatic heterocycles. The van der Waals surface area contributed by atoms with Crippen LogP contribution in [-0.4, -0.2) is 12.5 Å². The average molecular weight is 413 g/mol. The lowest BCUT2D eigenvalue weighted by Gasteiger charge is -2.30. The van der Waals surface area contributed by atoms with Crippen LogP contribution in [0.5, 0.6) is 11.5 Å². The summed E-state index contributed by atoms with van der Waals surface area (Å²) in [5.41, 5.74) is 8.37. The number of hydrogen-bond donors (Lipinski definition) is 1. The van der Waals surface area contributed by atoms with E-state index >= 15 is 0 Å². The zero-order valence-corrected chi connectivity index (χ0v) is 15.8. The molecule has 1 heterocycles. The number of benzene rings is 3. The maximum atomic E-state index is 13.9. The number of halogens is 3. The van der Waals surface area contributed by atoms with Crippen molar-refractivity contribution in [2.45, 2.75) is 25.6 Å². The maximum absolute atomic E-state index is 13.9. The Bertz CT molecular complexity index is 1100. The normalized spacial score (nSPS) is 14.6. The molecule has 0 aliphatic carbocycles. The number of carbonyl (C=O) groups is 1. The third kappa shape index (κ3) is 3.96. The number of ether oxygens (including phenoxy) is 2. The number of hydrogen-bond acceptors (Lipinski definition) is 3. The van der Waals surface area contributed by atoms with Crippen molar-refractivity contribution in [3.63, 3.8) is 0 Å². The van der Waals surface area contributed by atoms with E-state index in [-0.39, 0.29) is 12.2 Å². The van der Waals surface area contributed by atoms with E-state index in [0.29, 0.717) is 34.4 Å². The minimum atomic E-state index is -2.99. The summed E-state index contributed by atoms with van der Waals surface area (Å²) >= 11 is 0. The van der Waals surface area contributed by atoms with Crippen LogP contribution in [0.4, 0.5) is 13.2 Å². The molecule has 0 spiro atoms. The van der Waals surface area contributed by atoms with Crippen LogP contribution < -0.4 is 15.2 Å². The molecule has 4 rings (SSSR count). The van der Waals surface area contributed by atoms with Crippen molar-refractivity contribution in [2.75, 3.05) is 0 Å². The molecule has 0 bridgehead atoms. The third-order valence-corrected chi connectivity index (χ3v) is 4.93. The first-order valence-electron chi connectivity index (χ1n) is 9.34. The van der Waals surface area contributed by atoms with Crippen molar-refractivity contribution < 1.29 is 27.4 Å². The van der Waals surface area contributed by atoms with Gasteiger partial charge < -0.3 is 15.2 Å². The highest BCUT2D eigenvalue weighted by molar-refractivity contribution is 5.82. The van der Waals surface area contributed by atoms with Gasteiger partial charge in [-0.3, -0.25) is 4.79 Å². The van der Waals surface area contributed by atoms with Gasteiger partial charge in [-0.05, 0) is 47.4 Å². The van der Waals surface area contributed by atoms with Crippen molar-refractivity contribution in [1.29, 1.82) is 0 Å². The molecule has 7 heteroatoms. The third-order valence-electron chi connectivity index (χ3n) is 4.93. The van der Waals surface area contributed by atoms with Gasteiger partial charge in [-0.2, -0.15) is 8.78 Å². The summed E-state index contributed by atoms with van der Waals surface area (Å²) in [7, 11) is 0. The molecule has 30 heavy (non-hydrogen) atoms. The number of rotatable bonds is 6. The lowest BCUT2D eigenvalue weighted by Crippen LogP contribution is -2.17. The van der Waals surface area contributed by atoms with Crippen LogP contribution in [-0.2, 0) is 11.2 Å². The Morgan fingerprint density at radius 3 is 2.63 bits per heavy atom. The summed E-state index contributed by atoms with van der Waals surface area (Å²) in [6, 6.07) is 16.1. The molecule has 3 aromatic rings. The molecule has 0 saturated carbocycles. The SMILES string of the molecule is NC(=O)CCc1ccc2c(c1)C(c1cccc(F)c1)Oc1cccc(OC(F)F)c1-2. The standard InChI is InChI=1S/C23H18F3NO3/c24-15-4-1-3-14(12-15)22-17-11-13(8-10-20(27)28)7-9-16(17)21-18(29-22)5-2-6-19(21)30-23(25)26/h1-7,9,11-12,22-23H,8,10H2,(H2,27,28). The van der Waals surface area contributed by atoms with E-state index in [2.05, 4.69) is 0 Å². The fraction of sp³-hybridized carbons (Fsp3) is 0.174. The second-order valence-corrected chi connectivity index (χ2v) is 6.95. The molecule has 1 aliphatic rings. The van der Waals surface area contributed by atoms with Gasteiger partial charge in [-0.1, -0.05) is 36.4 Å². The Balaban J connectivity index is 1.86. The van der Waals surface area contributed by atoms with Crippen LogP contribution in [0.3, 0.4) is 0 Å². The Labute approximate surface area is 171 Å². The van der Waals surface area contributed by atoms with Crippen LogP contribution in [0.2, 0.25) is 0 Å². The number of aryl methyl sites for hydroxylation is 1. The van der Waals surface area contributed by atoms with Crippen LogP contribution in [0.1, 0.15) is 29.2 Å². The first kappa shape index (κ1) is 19.8. The van der Waals surface area contributed by atoms with Crippen molar-refractivity contribution in [3.8, 4) is 22.6 Å². The fourth-order valence-corrected chi connectivity index (χ4v) is 3.66. The van der Waals surface area contributed by atoms with Gasteiger partial charge in [0.25, 0.3) is 0 Å². The van der Waals surface area contributed by atoms with Gasteiger partial charge in [0.2, 0.25) is 5.91 Å². The molecule has 1 atom stereocenters. The predicted molar refractivity (Wildman–Crippen MR) is 105 cm³/mol. The summed E-state index contributed by atoms with van der Waals surface area (Å²) in [6.45, 7) is -2.99. The van der Waals surface area contributed by atoms with Crippen LogP contribution in [0.25, 0.3) is 11.1 Å². The van der Waals surface area contributed by atoms with E-state index in [1.807, 2.05) is 6.07 Å².